The standard InChI is InChI=1S/C18H22N2O3.C2H6/c1-17(2,3)23-16(22)20-10-8-18(13-19,9-11-20)15-6-4-14(12-21)5-7-15;1-2/h4-7,12H,8-11H2,1-3H3;1-2H3. The zero-order valence-electron chi connectivity index (χ0n) is 15.8. The maximum absolute atomic E-state index is 12.1. The molecule has 1 amide bonds. The van der Waals surface area contributed by atoms with E-state index in [-0.39, 0.29) is 6.09 Å². The Morgan fingerprint density at radius 1 is 1.20 bits per heavy atom. The van der Waals surface area contributed by atoms with Gasteiger partial charge in [-0.25, -0.2) is 4.79 Å². The molecule has 2 rings (SSSR count). The monoisotopic (exact) mass is 344 g/mol. The van der Waals surface area contributed by atoms with Crippen LogP contribution in [0.2, 0.25) is 0 Å². The van der Waals surface area contributed by atoms with Gasteiger partial charge in [0.15, 0.2) is 0 Å². The van der Waals surface area contributed by atoms with Gasteiger partial charge < -0.3 is 9.64 Å². The number of aldehydes is 1. The molecule has 1 aromatic carbocycles. The van der Waals surface area contributed by atoms with E-state index in [1.807, 2.05) is 46.8 Å². The third-order valence-electron chi connectivity index (χ3n) is 4.08. The Morgan fingerprint density at radius 3 is 2.12 bits per heavy atom. The number of nitriles is 1. The maximum Gasteiger partial charge on any atom is 0.410 e. The first kappa shape index (κ1) is 20.7. The third-order valence-corrected chi connectivity index (χ3v) is 4.08. The van der Waals surface area contributed by atoms with E-state index in [1.165, 1.54) is 0 Å². The molecule has 5 nitrogen and oxygen atoms in total. The summed E-state index contributed by atoms with van der Waals surface area (Å²) in [6, 6.07) is 9.52. The molecule has 0 unspecified atom stereocenters. The lowest BCUT2D eigenvalue weighted by Gasteiger charge is -2.38. The number of carbonyl (C=O) groups is 2. The molecule has 1 fully saturated rings. The molecular formula is C20H28N2O3. The third kappa shape index (κ3) is 5.32. The lowest BCUT2D eigenvalue weighted by Crippen LogP contribution is -2.46. The molecule has 25 heavy (non-hydrogen) atoms. The maximum atomic E-state index is 12.1. The van der Waals surface area contributed by atoms with Crippen molar-refractivity contribution in [1.29, 1.82) is 5.26 Å². The van der Waals surface area contributed by atoms with Crippen molar-refractivity contribution in [2.75, 3.05) is 13.1 Å². The number of amides is 1. The summed E-state index contributed by atoms with van der Waals surface area (Å²) in [5.41, 5.74) is 0.355. The summed E-state index contributed by atoms with van der Waals surface area (Å²) in [5, 5.41) is 9.68. The van der Waals surface area contributed by atoms with E-state index >= 15 is 0 Å². The van der Waals surface area contributed by atoms with E-state index in [9.17, 15) is 14.9 Å². The van der Waals surface area contributed by atoms with Crippen molar-refractivity contribution in [3.63, 3.8) is 0 Å². The number of ether oxygens (including phenoxy) is 1. The van der Waals surface area contributed by atoms with Crippen molar-refractivity contribution in [3.05, 3.63) is 35.4 Å². The van der Waals surface area contributed by atoms with E-state index in [1.54, 1.807) is 17.0 Å². The van der Waals surface area contributed by atoms with Crippen molar-refractivity contribution in [3.8, 4) is 6.07 Å². The fourth-order valence-corrected chi connectivity index (χ4v) is 2.74. The largest absolute Gasteiger partial charge is 0.444 e. The molecule has 0 spiro atoms. The van der Waals surface area contributed by atoms with Crippen molar-refractivity contribution >= 4 is 12.4 Å². The van der Waals surface area contributed by atoms with Crippen LogP contribution in [0.1, 0.15) is 63.4 Å². The predicted molar refractivity (Wildman–Crippen MR) is 97.5 cm³/mol. The highest BCUT2D eigenvalue weighted by Crippen LogP contribution is 2.35. The number of rotatable bonds is 2. The first-order valence-electron chi connectivity index (χ1n) is 8.74. The Kier molecular flexibility index (Phi) is 7.17. The number of hydrogen-bond acceptors (Lipinski definition) is 4. The molecule has 0 radical (unpaired) electrons. The average Bonchev–Trinajstić information content (AvgIpc) is 2.62. The van der Waals surface area contributed by atoms with Crippen LogP contribution in [0.15, 0.2) is 24.3 Å². The van der Waals surface area contributed by atoms with Gasteiger partial charge in [-0.15, -0.1) is 0 Å². The van der Waals surface area contributed by atoms with E-state index in [0.717, 1.165) is 11.8 Å². The van der Waals surface area contributed by atoms with Crippen molar-refractivity contribution in [2.24, 2.45) is 0 Å². The normalized spacial score (nSPS) is 16.1. The van der Waals surface area contributed by atoms with Crippen LogP contribution >= 0.6 is 0 Å². The van der Waals surface area contributed by atoms with Gasteiger partial charge in [0.05, 0.1) is 11.5 Å². The van der Waals surface area contributed by atoms with Crippen LogP contribution in [-0.4, -0.2) is 36.0 Å². The molecule has 0 bridgehead atoms. The highest BCUT2D eigenvalue weighted by molar-refractivity contribution is 5.74. The van der Waals surface area contributed by atoms with Gasteiger partial charge in [-0.3, -0.25) is 4.79 Å². The minimum Gasteiger partial charge on any atom is -0.444 e. The van der Waals surface area contributed by atoms with Gasteiger partial charge in [-0.05, 0) is 39.2 Å². The zero-order valence-corrected chi connectivity index (χ0v) is 15.8. The van der Waals surface area contributed by atoms with Gasteiger partial charge in [0, 0.05) is 18.7 Å². The Hall–Kier alpha value is -2.35. The number of carbonyl (C=O) groups excluding carboxylic acids is 2. The number of nitrogens with zero attached hydrogens (tertiary/aromatic N) is 2. The van der Waals surface area contributed by atoms with Crippen molar-refractivity contribution < 1.29 is 14.3 Å². The van der Waals surface area contributed by atoms with Gasteiger partial charge in [0.25, 0.3) is 0 Å². The summed E-state index contributed by atoms with van der Waals surface area (Å²) < 4.78 is 5.38. The molecule has 136 valence electrons. The number of hydrogen-bond donors (Lipinski definition) is 0. The molecule has 1 aliphatic rings. The summed E-state index contributed by atoms with van der Waals surface area (Å²) in [6.07, 6.45) is 1.57. The fraction of sp³-hybridized carbons (Fsp3) is 0.550. The molecule has 0 saturated carbocycles. The SMILES string of the molecule is CC.CC(C)(C)OC(=O)N1CCC(C#N)(c2ccc(C=O)cc2)CC1. The van der Waals surface area contributed by atoms with Gasteiger partial charge in [-0.1, -0.05) is 38.1 Å². The van der Waals surface area contributed by atoms with Crippen LogP contribution in [-0.2, 0) is 10.2 Å². The first-order valence-corrected chi connectivity index (χ1v) is 8.74. The Morgan fingerprint density at radius 2 is 1.72 bits per heavy atom. The second kappa shape index (κ2) is 8.66. The van der Waals surface area contributed by atoms with Crippen molar-refractivity contribution in [1.82, 2.24) is 4.90 Å². The van der Waals surface area contributed by atoms with Gasteiger partial charge in [0.1, 0.15) is 11.9 Å². The molecule has 1 aromatic rings. The summed E-state index contributed by atoms with van der Waals surface area (Å²) >= 11 is 0. The summed E-state index contributed by atoms with van der Waals surface area (Å²) in [4.78, 5) is 24.5. The minimum atomic E-state index is -0.611. The minimum absolute atomic E-state index is 0.333. The smallest absolute Gasteiger partial charge is 0.410 e. The molecule has 0 N–H and O–H groups in total. The lowest BCUT2D eigenvalue weighted by atomic mass is 9.74. The Labute approximate surface area is 150 Å². The summed E-state index contributed by atoms with van der Waals surface area (Å²) in [5.74, 6) is 0. The average molecular weight is 344 g/mol. The molecule has 1 saturated heterocycles. The van der Waals surface area contributed by atoms with Crippen LogP contribution in [0, 0.1) is 11.3 Å². The molecular weight excluding hydrogens is 316 g/mol. The van der Waals surface area contributed by atoms with Gasteiger partial charge >= 0.3 is 6.09 Å². The molecule has 1 aliphatic heterocycles. The summed E-state index contributed by atoms with van der Waals surface area (Å²) in [6.45, 7) is 10.5. The first-order chi connectivity index (χ1) is 11.8. The molecule has 0 atom stereocenters. The zero-order chi connectivity index (χ0) is 19.1. The quantitative estimate of drug-likeness (QED) is 0.749. The van der Waals surface area contributed by atoms with Crippen LogP contribution < -0.4 is 0 Å². The molecule has 5 heteroatoms. The molecule has 0 aromatic heterocycles. The fourth-order valence-electron chi connectivity index (χ4n) is 2.74. The van der Waals surface area contributed by atoms with E-state index in [0.29, 0.717) is 31.5 Å². The predicted octanol–water partition coefficient (Wildman–Crippen LogP) is 4.32. The lowest BCUT2D eigenvalue weighted by molar-refractivity contribution is 0.0185. The van der Waals surface area contributed by atoms with E-state index in [4.69, 9.17) is 4.74 Å². The Bertz CT molecular complexity index is 616. The summed E-state index contributed by atoms with van der Waals surface area (Å²) in [7, 11) is 0. The number of benzene rings is 1. The second-order valence-electron chi connectivity index (χ2n) is 6.90. The van der Waals surface area contributed by atoms with Crippen LogP contribution in [0.4, 0.5) is 4.79 Å². The van der Waals surface area contributed by atoms with E-state index in [2.05, 4.69) is 6.07 Å². The Balaban J connectivity index is 0.00000151. The highest BCUT2D eigenvalue weighted by atomic mass is 16.6. The van der Waals surface area contributed by atoms with Crippen LogP contribution in [0.25, 0.3) is 0 Å². The highest BCUT2D eigenvalue weighted by Gasteiger charge is 2.38. The number of piperidine rings is 1. The van der Waals surface area contributed by atoms with Gasteiger partial charge in [0.2, 0.25) is 0 Å². The molecule has 0 aliphatic carbocycles. The van der Waals surface area contributed by atoms with Gasteiger partial charge in [-0.2, -0.15) is 5.26 Å². The number of likely N-dealkylation sites (tertiary alicyclic amines) is 1. The van der Waals surface area contributed by atoms with E-state index < -0.39 is 11.0 Å². The second-order valence-corrected chi connectivity index (χ2v) is 6.90. The van der Waals surface area contributed by atoms with Crippen LogP contribution in [0.3, 0.4) is 0 Å². The van der Waals surface area contributed by atoms with Crippen molar-refractivity contribution in [2.45, 2.75) is 58.5 Å². The topological polar surface area (TPSA) is 70.4 Å². The van der Waals surface area contributed by atoms with Crippen LogP contribution in [0.5, 0.6) is 0 Å². The molecule has 1 heterocycles.